The number of likely N-dealkylation sites (N-methyl/N-ethyl adjacent to an activating group) is 1. The maximum Gasteiger partial charge on any atom is 0.326 e. The standard InChI is InChI=1S/C12H15BrN2O3/c1-3-10(12(17)18)15(2)7-4-5-8(11(14)16)9(13)6-7/h4-6,10H,3H2,1-2H3,(H2,14,16)(H,17,18). The van der Waals surface area contributed by atoms with E-state index in [2.05, 4.69) is 15.9 Å². The number of carboxylic acid groups (broad SMARTS) is 1. The van der Waals surface area contributed by atoms with Crippen molar-refractivity contribution >= 4 is 33.5 Å². The number of aliphatic carboxylic acids is 1. The minimum atomic E-state index is -0.880. The van der Waals surface area contributed by atoms with Gasteiger partial charge in [0, 0.05) is 17.2 Å². The number of hydrogen-bond donors (Lipinski definition) is 2. The first-order valence-electron chi connectivity index (χ1n) is 5.43. The zero-order valence-electron chi connectivity index (χ0n) is 10.2. The van der Waals surface area contributed by atoms with Crippen molar-refractivity contribution in [3.05, 3.63) is 28.2 Å². The highest BCUT2D eigenvalue weighted by Crippen LogP contribution is 2.25. The molecule has 0 saturated heterocycles. The molecule has 0 radical (unpaired) electrons. The van der Waals surface area contributed by atoms with Crippen LogP contribution in [0.4, 0.5) is 5.69 Å². The van der Waals surface area contributed by atoms with Gasteiger partial charge in [0.1, 0.15) is 6.04 Å². The summed E-state index contributed by atoms with van der Waals surface area (Å²) in [5.74, 6) is -1.41. The predicted octanol–water partition coefficient (Wildman–Crippen LogP) is 1.85. The van der Waals surface area contributed by atoms with E-state index in [1.54, 1.807) is 30.1 Å². The van der Waals surface area contributed by atoms with Gasteiger partial charge in [0.15, 0.2) is 0 Å². The molecule has 1 aromatic rings. The van der Waals surface area contributed by atoms with Crippen molar-refractivity contribution in [2.75, 3.05) is 11.9 Å². The van der Waals surface area contributed by atoms with Crippen molar-refractivity contribution in [3.8, 4) is 0 Å². The van der Waals surface area contributed by atoms with Crippen molar-refractivity contribution in [1.29, 1.82) is 0 Å². The van der Waals surface area contributed by atoms with E-state index in [0.717, 1.165) is 0 Å². The molecule has 98 valence electrons. The molecule has 0 saturated carbocycles. The number of rotatable bonds is 5. The number of carbonyl (C=O) groups excluding carboxylic acids is 1. The summed E-state index contributed by atoms with van der Waals surface area (Å²) < 4.78 is 0.555. The van der Waals surface area contributed by atoms with Crippen LogP contribution in [0, 0.1) is 0 Å². The average Bonchev–Trinajstić information content (AvgIpc) is 2.28. The van der Waals surface area contributed by atoms with E-state index in [9.17, 15) is 9.59 Å². The number of carbonyl (C=O) groups is 2. The van der Waals surface area contributed by atoms with Crippen molar-refractivity contribution in [3.63, 3.8) is 0 Å². The van der Waals surface area contributed by atoms with Gasteiger partial charge in [-0.1, -0.05) is 6.92 Å². The Morgan fingerprint density at radius 1 is 1.50 bits per heavy atom. The van der Waals surface area contributed by atoms with Crippen LogP contribution in [-0.2, 0) is 4.79 Å². The third-order valence-electron chi connectivity index (χ3n) is 2.76. The zero-order valence-corrected chi connectivity index (χ0v) is 11.8. The molecule has 0 aliphatic carbocycles. The highest BCUT2D eigenvalue weighted by molar-refractivity contribution is 9.10. The molecule has 1 atom stereocenters. The van der Waals surface area contributed by atoms with E-state index < -0.39 is 17.9 Å². The van der Waals surface area contributed by atoms with Gasteiger partial charge >= 0.3 is 5.97 Å². The number of carboxylic acids is 1. The van der Waals surface area contributed by atoms with E-state index in [0.29, 0.717) is 22.1 Å². The summed E-state index contributed by atoms with van der Waals surface area (Å²) in [7, 11) is 1.70. The number of hydrogen-bond acceptors (Lipinski definition) is 3. The predicted molar refractivity (Wildman–Crippen MR) is 72.8 cm³/mol. The Morgan fingerprint density at radius 2 is 2.11 bits per heavy atom. The Kier molecular flexibility index (Phi) is 4.72. The molecule has 5 nitrogen and oxygen atoms in total. The van der Waals surface area contributed by atoms with Crippen molar-refractivity contribution in [2.45, 2.75) is 19.4 Å². The SMILES string of the molecule is CCC(C(=O)O)N(C)c1ccc(C(N)=O)c(Br)c1. The number of nitrogens with zero attached hydrogens (tertiary/aromatic N) is 1. The molecule has 0 aromatic heterocycles. The van der Waals surface area contributed by atoms with Gasteiger partial charge in [0.2, 0.25) is 5.91 Å². The molecule has 0 spiro atoms. The average molecular weight is 315 g/mol. The van der Waals surface area contributed by atoms with Gasteiger partial charge < -0.3 is 15.7 Å². The third kappa shape index (κ3) is 3.01. The lowest BCUT2D eigenvalue weighted by Gasteiger charge is -2.26. The molecule has 0 heterocycles. The molecule has 3 N–H and O–H groups in total. The molecule has 1 amide bonds. The number of halogens is 1. The largest absolute Gasteiger partial charge is 0.480 e. The number of anilines is 1. The lowest BCUT2D eigenvalue weighted by Crippen LogP contribution is -2.38. The number of benzene rings is 1. The van der Waals surface area contributed by atoms with Crippen molar-refractivity contribution in [1.82, 2.24) is 0 Å². The van der Waals surface area contributed by atoms with Crippen molar-refractivity contribution < 1.29 is 14.7 Å². The second-order valence-electron chi connectivity index (χ2n) is 3.90. The van der Waals surface area contributed by atoms with Gasteiger partial charge in [0.05, 0.1) is 5.56 Å². The van der Waals surface area contributed by atoms with Gasteiger partial charge in [-0.15, -0.1) is 0 Å². The second-order valence-corrected chi connectivity index (χ2v) is 4.76. The maximum atomic E-state index is 11.1. The molecular formula is C12H15BrN2O3. The van der Waals surface area contributed by atoms with Crippen LogP contribution in [0.25, 0.3) is 0 Å². The van der Waals surface area contributed by atoms with E-state index in [1.165, 1.54) is 0 Å². The normalized spacial score (nSPS) is 11.9. The molecule has 6 heteroatoms. The molecule has 1 aromatic carbocycles. The first-order valence-corrected chi connectivity index (χ1v) is 6.22. The van der Waals surface area contributed by atoms with Gasteiger partial charge in [0.25, 0.3) is 0 Å². The van der Waals surface area contributed by atoms with Gasteiger partial charge in [-0.3, -0.25) is 4.79 Å². The minimum absolute atomic E-state index is 0.371. The second kappa shape index (κ2) is 5.86. The minimum Gasteiger partial charge on any atom is -0.480 e. The maximum absolute atomic E-state index is 11.1. The molecule has 0 aliphatic rings. The van der Waals surface area contributed by atoms with Gasteiger partial charge in [-0.25, -0.2) is 4.79 Å². The molecule has 1 rings (SSSR count). The lowest BCUT2D eigenvalue weighted by atomic mass is 10.1. The van der Waals surface area contributed by atoms with Crippen LogP contribution in [0.3, 0.4) is 0 Å². The zero-order chi connectivity index (χ0) is 13.9. The smallest absolute Gasteiger partial charge is 0.326 e. The first kappa shape index (κ1) is 14.5. The van der Waals surface area contributed by atoms with E-state index in [1.807, 2.05) is 6.92 Å². The summed E-state index contributed by atoms with van der Waals surface area (Å²) in [4.78, 5) is 23.8. The highest BCUT2D eigenvalue weighted by atomic mass is 79.9. The number of nitrogens with two attached hydrogens (primary N) is 1. The fourth-order valence-electron chi connectivity index (χ4n) is 1.72. The number of amides is 1. The quantitative estimate of drug-likeness (QED) is 0.868. The van der Waals surface area contributed by atoms with Gasteiger partial charge in [-0.2, -0.15) is 0 Å². The van der Waals surface area contributed by atoms with E-state index in [-0.39, 0.29) is 0 Å². The van der Waals surface area contributed by atoms with Crippen molar-refractivity contribution in [2.24, 2.45) is 5.73 Å². The Labute approximate surface area is 114 Å². The Hall–Kier alpha value is -1.56. The fourth-order valence-corrected chi connectivity index (χ4v) is 2.28. The topological polar surface area (TPSA) is 83.6 Å². The molecule has 18 heavy (non-hydrogen) atoms. The lowest BCUT2D eigenvalue weighted by molar-refractivity contribution is -0.138. The first-order chi connectivity index (χ1) is 8.38. The Balaban J connectivity index is 3.07. The molecule has 0 bridgehead atoms. The summed E-state index contributed by atoms with van der Waals surface area (Å²) in [6.45, 7) is 1.81. The van der Waals surface area contributed by atoms with Crippen LogP contribution in [0.5, 0.6) is 0 Å². The molecule has 1 unspecified atom stereocenters. The Morgan fingerprint density at radius 3 is 2.50 bits per heavy atom. The highest BCUT2D eigenvalue weighted by Gasteiger charge is 2.21. The van der Waals surface area contributed by atoms with Crippen LogP contribution in [0.1, 0.15) is 23.7 Å². The monoisotopic (exact) mass is 314 g/mol. The van der Waals surface area contributed by atoms with Crippen LogP contribution < -0.4 is 10.6 Å². The van der Waals surface area contributed by atoms with Crippen LogP contribution in [-0.4, -0.2) is 30.1 Å². The Bertz CT molecular complexity index is 476. The van der Waals surface area contributed by atoms with Crippen LogP contribution in [0.2, 0.25) is 0 Å². The van der Waals surface area contributed by atoms with E-state index in [4.69, 9.17) is 10.8 Å². The fraction of sp³-hybridized carbons (Fsp3) is 0.333. The molecule has 0 fully saturated rings. The summed E-state index contributed by atoms with van der Waals surface area (Å²) in [5.41, 5.74) is 6.28. The molecular weight excluding hydrogens is 300 g/mol. The summed E-state index contributed by atoms with van der Waals surface area (Å²) in [5, 5.41) is 9.09. The summed E-state index contributed by atoms with van der Waals surface area (Å²) in [6.07, 6.45) is 0.487. The summed E-state index contributed by atoms with van der Waals surface area (Å²) >= 11 is 3.25. The van der Waals surface area contributed by atoms with Gasteiger partial charge in [-0.05, 0) is 40.5 Å². The summed E-state index contributed by atoms with van der Waals surface area (Å²) in [6, 6.07) is 4.34. The van der Waals surface area contributed by atoms with E-state index >= 15 is 0 Å². The van der Waals surface area contributed by atoms with Crippen LogP contribution >= 0.6 is 15.9 Å². The molecule has 0 aliphatic heterocycles. The number of primary amides is 1. The van der Waals surface area contributed by atoms with Crippen LogP contribution in [0.15, 0.2) is 22.7 Å². The third-order valence-corrected chi connectivity index (χ3v) is 3.42.